The van der Waals surface area contributed by atoms with Crippen LogP contribution in [0.15, 0.2) is 42.5 Å². The molecule has 0 fully saturated rings. The van der Waals surface area contributed by atoms with Crippen molar-refractivity contribution < 1.29 is 19.0 Å². The van der Waals surface area contributed by atoms with Crippen LogP contribution in [0.2, 0.25) is 0 Å². The standard InChI is InChI=1S/C17H16FNO3/c1-17(2)16(21)19(10-11-5-3-4-6-13(11)18)14-8-7-12(20)9-15(14)22-17/h3-9,20H,10H2,1-2H3. The molecule has 1 aliphatic heterocycles. The first-order chi connectivity index (χ1) is 10.4. The minimum absolute atomic E-state index is 0.0507. The van der Waals surface area contributed by atoms with Crippen LogP contribution >= 0.6 is 0 Å². The number of hydrogen-bond acceptors (Lipinski definition) is 3. The van der Waals surface area contributed by atoms with E-state index in [1.165, 1.54) is 23.1 Å². The van der Waals surface area contributed by atoms with E-state index in [-0.39, 0.29) is 24.0 Å². The van der Waals surface area contributed by atoms with Crippen LogP contribution in [-0.2, 0) is 11.3 Å². The number of phenols is 1. The fourth-order valence-electron chi connectivity index (χ4n) is 2.51. The molecule has 0 unspecified atom stereocenters. The summed E-state index contributed by atoms with van der Waals surface area (Å²) >= 11 is 0. The average molecular weight is 301 g/mol. The lowest BCUT2D eigenvalue weighted by Gasteiger charge is -2.38. The molecule has 114 valence electrons. The Bertz CT molecular complexity index is 742. The minimum atomic E-state index is -1.08. The van der Waals surface area contributed by atoms with Crippen LogP contribution in [0.5, 0.6) is 11.5 Å². The number of ether oxygens (including phenoxy) is 1. The number of phenolic OH excluding ortho intramolecular Hbond substituents is 1. The summed E-state index contributed by atoms with van der Waals surface area (Å²) in [5.41, 5.74) is -0.135. The van der Waals surface area contributed by atoms with Crippen molar-refractivity contribution >= 4 is 11.6 Å². The predicted molar refractivity (Wildman–Crippen MR) is 80.4 cm³/mol. The summed E-state index contributed by atoms with van der Waals surface area (Å²) < 4.78 is 19.6. The molecule has 0 bridgehead atoms. The van der Waals surface area contributed by atoms with Gasteiger partial charge in [0.1, 0.15) is 17.3 Å². The molecule has 1 heterocycles. The van der Waals surface area contributed by atoms with Crippen LogP contribution in [0, 0.1) is 5.82 Å². The predicted octanol–water partition coefficient (Wildman–Crippen LogP) is 3.24. The summed E-state index contributed by atoms with van der Waals surface area (Å²) in [5, 5.41) is 9.60. The summed E-state index contributed by atoms with van der Waals surface area (Å²) in [6.45, 7) is 3.41. The number of amides is 1. The van der Waals surface area contributed by atoms with E-state index in [1.807, 2.05) is 0 Å². The van der Waals surface area contributed by atoms with Crippen molar-refractivity contribution in [2.75, 3.05) is 4.90 Å². The smallest absolute Gasteiger partial charge is 0.271 e. The van der Waals surface area contributed by atoms with Crippen LogP contribution in [0.3, 0.4) is 0 Å². The van der Waals surface area contributed by atoms with Crippen molar-refractivity contribution in [2.24, 2.45) is 0 Å². The molecule has 0 saturated carbocycles. The van der Waals surface area contributed by atoms with Crippen molar-refractivity contribution in [2.45, 2.75) is 26.0 Å². The fourth-order valence-corrected chi connectivity index (χ4v) is 2.51. The molecule has 0 atom stereocenters. The Morgan fingerprint density at radius 2 is 1.95 bits per heavy atom. The molecule has 1 amide bonds. The Kier molecular flexibility index (Phi) is 3.28. The van der Waals surface area contributed by atoms with Gasteiger partial charge in [-0.25, -0.2) is 4.39 Å². The van der Waals surface area contributed by atoms with Gasteiger partial charge in [-0.3, -0.25) is 4.79 Å². The molecule has 0 spiro atoms. The van der Waals surface area contributed by atoms with Gasteiger partial charge in [-0.15, -0.1) is 0 Å². The normalized spacial score (nSPS) is 16.1. The number of carbonyl (C=O) groups is 1. The van der Waals surface area contributed by atoms with Crippen LogP contribution in [-0.4, -0.2) is 16.6 Å². The summed E-state index contributed by atoms with van der Waals surface area (Å²) in [4.78, 5) is 14.1. The first-order valence-corrected chi connectivity index (χ1v) is 6.96. The van der Waals surface area contributed by atoms with E-state index in [0.29, 0.717) is 17.0 Å². The van der Waals surface area contributed by atoms with E-state index >= 15 is 0 Å². The Balaban J connectivity index is 2.06. The average Bonchev–Trinajstić information content (AvgIpc) is 2.45. The topological polar surface area (TPSA) is 49.8 Å². The molecule has 0 aromatic heterocycles. The van der Waals surface area contributed by atoms with Crippen LogP contribution in [0.1, 0.15) is 19.4 Å². The summed E-state index contributed by atoms with van der Waals surface area (Å²) in [5.74, 6) is -0.162. The monoisotopic (exact) mass is 301 g/mol. The number of benzene rings is 2. The molecule has 22 heavy (non-hydrogen) atoms. The van der Waals surface area contributed by atoms with E-state index in [4.69, 9.17) is 4.74 Å². The van der Waals surface area contributed by atoms with Crippen LogP contribution < -0.4 is 9.64 Å². The van der Waals surface area contributed by atoms with E-state index < -0.39 is 5.60 Å². The van der Waals surface area contributed by atoms with Crippen molar-refractivity contribution in [1.29, 1.82) is 0 Å². The van der Waals surface area contributed by atoms with Crippen molar-refractivity contribution in [3.8, 4) is 11.5 Å². The van der Waals surface area contributed by atoms with Gasteiger partial charge < -0.3 is 14.7 Å². The number of hydrogen-bond donors (Lipinski definition) is 1. The number of rotatable bonds is 2. The minimum Gasteiger partial charge on any atom is -0.508 e. The maximum atomic E-state index is 13.9. The van der Waals surface area contributed by atoms with Gasteiger partial charge in [0.05, 0.1) is 12.2 Å². The maximum Gasteiger partial charge on any atom is 0.271 e. The molecule has 1 aliphatic rings. The lowest BCUT2D eigenvalue weighted by molar-refractivity contribution is -0.132. The zero-order valence-electron chi connectivity index (χ0n) is 12.3. The molecule has 0 radical (unpaired) electrons. The van der Waals surface area contributed by atoms with Gasteiger partial charge in [0.2, 0.25) is 0 Å². The molecule has 1 N–H and O–H groups in total. The highest BCUT2D eigenvalue weighted by molar-refractivity contribution is 6.02. The van der Waals surface area contributed by atoms with Gasteiger partial charge in [-0.2, -0.15) is 0 Å². The third-order valence-electron chi connectivity index (χ3n) is 3.65. The summed E-state index contributed by atoms with van der Waals surface area (Å²) in [6, 6.07) is 10.9. The molecule has 2 aromatic carbocycles. The van der Waals surface area contributed by atoms with E-state index in [1.54, 1.807) is 38.1 Å². The lowest BCUT2D eigenvalue weighted by atomic mass is 10.0. The molecule has 5 heteroatoms. The number of fused-ring (bicyclic) bond motifs is 1. The van der Waals surface area contributed by atoms with Crippen molar-refractivity contribution in [3.63, 3.8) is 0 Å². The number of carbonyl (C=O) groups excluding carboxylic acids is 1. The number of anilines is 1. The molecular formula is C17H16FNO3. The van der Waals surface area contributed by atoms with Gasteiger partial charge >= 0.3 is 0 Å². The molecule has 2 aromatic rings. The fraction of sp³-hybridized carbons (Fsp3) is 0.235. The van der Waals surface area contributed by atoms with Gasteiger partial charge in [0, 0.05) is 11.6 Å². The van der Waals surface area contributed by atoms with Crippen LogP contribution in [0.4, 0.5) is 10.1 Å². The maximum absolute atomic E-state index is 13.9. The second-order valence-corrected chi connectivity index (χ2v) is 5.75. The van der Waals surface area contributed by atoms with Gasteiger partial charge in [-0.05, 0) is 32.0 Å². The largest absolute Gasteiger partial charge is 0.508 e. The molecule has 0 saturated heterocycles. The zero-order valence-corrected chi connectivity index (χ0v) is 12.3. The molecule has 4 nitrogen and oxygen atoms in total. The Labute approximate surface area is 127 Å². The second kappa shape index (κ2) is 5.02. The van der Waals surface area contributed by atoms with Gasteiger partial charge in [-0.1, -0.05) is 18.2 Å². The van der Waals surface area contributed by atoms with E-state index in [9.17, 15) is 14.3 Å². The highest BCUT2D eigenvalue weighted by Crippen LogP contribution is 2.40. The highest BCUT2D eigenvalue weighted by atomic mass is 19.1. The van der Waals surface area contributed by atoms with E-state index in [2.05, 4.69) is 0 Å². The Morgan fingerprint density at radius 3 is 2.68 bits per heavy atom. The number of halogens is 1. The lowest BCUT2D eigenvalue weighted by Crippen LogP contribution is -2.52. The zero-order chi connectivity index (χ0) is 15.9. The molecule has 0 aliphatic carbocycles. The van der Waals surface area contributed by atoms with E-state index in [0.717, 1.165) is 0 Å². The number of aromatic hydroxyl groups is 1. The number of nitrogens with zero attached hydrogens (tertiary/aromatic N) is 1. The Hall–Kier alpha value is -2.56. The first-order valence-electron chi connectivity index (χ1n) is 6.96. The Morgan fingerprint density at radius 1 is 1.23 bits per heavy atom. The summed E-state index contributed by atoms with van der Waals surface area (Å²) in [6.07, 6.45) is 0. The molecular weight excluding hydrogens is 285 g/mol. The summed E-state index contributed by atoms with van der Waals surface area (Å²) in [7, 11) is 0. The van der Waals surface area contributed by atoms with Crippen molar-refractivity contribution in [1.82, 2.24) is 0 Å². The molecule has 3 rings (SSSR count). The highest BCUT2D eigenvalue weighted by Gasteiger charge is 2.41. The van der Waals surface area contributed by atoms with Crippen LogP contribution in [0.25, 0.3) is 0 Å². The second-order valence-electron chi connectivity index (χ2n) is 5.75. The third kappa shape index (κ3) is 2.39. The van der Waals surface area contributed by atoms with Crippen molar-refractivity contribution in [3.05, 3.63) is 53.8 Å². The van der Waals surface area contributed by atoms with Gasteiger partial charge in [0.25, 0.3) is 5.91 Å². The third-order valence-corrected chi connectivity index (χ3v) is 3.65. The first kappa shape index (κ1) is 14.4. The quantitative estimate of drug-likeness (QED) is 0.926. The van der Waals surface area contributed by atoms with Gasteiger partial charge in [0.15, 0.2) is 5.60 Å². The SMILES string of the molecule is CC1(C)Oc2cc(O)ccc2N(Cc2ccccc2F)C1=O.